The van der Waals surface area contributed by atoms with Crippen molar-refractivity contribution in [2.75, 3.05) is 5.75 Å². The van der Waals surface area contributed by atoms with E-state index < -0.39 is 102 Å². The fourth-order valence-corrected chi connectivity index (χ4v) is 6.38. The minimum absolute atomic E-state index is 0.0812. The van der Waals surface area contributed by atoms with Gasteiger partial charge < -0.3 is 47.2 Å². The van der Waals surface area contributed by atoms with Crippen LogP contribution in [0.25, 0.3) is 0 Å². The van der Waals surface area contributed by atoms with Crippen LogP contribution in [0, 0.1) is 17.8 Å². The maximum absolute atomic E-state index is 13.9. The van der Waals surface area contributed by atoms with Crippen molar-refractivity contribution in [3.05, 3.63) is 12.3 Å². The Kier molecular flexibility index (Phi) is 21.3. The molecular weight excluding hydrogens is 724 g/mol. The molecule has 1 rings (SSSR count). The zero-order valence-electron chi connectivity index (χ0n) is 31.9. The molecule has 0 unspecified atom stereocenters. The van der Waals surface area contributed by atoms with Gasteiger partial charge in [0, 0.05) is 17.9 Å². The molecule has 1 saturated carbocycles. The molecule has 0 aromatic rings. The summed E-state index contributed by atoms with van der Waals surface area (Å²) in [5.74, 6) is -8.45. The lowest BCUT2D eigenvalue weighted by Crippen LogP contribution is -2.61. The van der Waals surface area contributed by atoms with Gasteiger partial charge in [0.1, 0.15) is 36.3 Å². The van der Waals surface area contributed by atoms with Gasteiger partial charge in [-0.2, -0.15) is 12.6 Å². The topological polar surface area (TPSA) is 269 Å². The Morgan fingerprint density at radius 3 is 1.70 bits per heavy atom. The maximum atomic E-state index is 13.9. The number of nitrogens with one attached hydrogen (secondary N) is 6. The van der Waals surface area contributed by atoms with Gasteiger partial charge in [-0.25, -0.2) is 4.79 Å². The quantitative estimate of drug-likeness (QED) is 0.0588. The van der Waals surface area contributed by atoms with Crippen molar-refractivity contribution < 1.29 is 53.7 Å². The molecule has 306 valence electrons. The highest BCUT2D eigenvalue weighted by molar-refractivity contribution is 7.80. The molecule has 9 N–H and O–H groups in total. The third-order valence-electron chi connectivity index (χ3n) is 9.25. The molecule has 1 fully saturated rings. The second-order valence-electron chi connectivity index (χ2n) is 14.5. The Bertz CT molecular complexity index is 1320. The normalized spacial score (nSPS) is 16.9. The Balaban J connectivity index is 3.34. The average Bonchev–Trinajstić information content (AvgIpc) is 3.09. The number of thiol groups is 1. The van der Waals surface area contributed by atoms with Crippen LogP contribution in [0.1, 0.15) is 105 Å². The van der Waals surface area contributed by atoms with Crippen molar-refractivity contribution >= 4 is 60.1 Å². The maximum Gasteiger partial charge on any atom is 0.327 e. The number of hydrogen-bond donors (Lipinski definition) is 10. The van der Waals surface area contributed by atoms with Gasteiger partial charge >= 0.3 is 17.9 Å². The van der Waals surface area contributed by atoms with Gasteiger partial charge in [-0.05, 0) is 43.9 Å². The van der Waals surface area contributed by atoms with E-state index in [0.717, 1.165) is 32.1 Å². The van der Waals surface area contributed by atoms with Crippen molar-refractivity contribution in [2.45, 2.75) is 141 Å². The van der Waals surface area contributed by atoms with Crippen molar-refractivity contribution in [3.63, 3.8) is 0 Å². The molecule has 0 radical (unpaired) electrons. The van der Waals surface area contributed by atoms with Gasteiger partial charge in [0.25, 0.3) is 0 Å². The van der Waals surface area contributed by atoms with E-state index in [2.05, 4.69) is 51.1 Å². The van der Waals surface area contributed by atoms with Gasteiger partial charge in [-0.3, -0.25) is 33.6 Å². The molecule has 54 heavy (non-hydrogen) atoms. The Morgan fingerprint density at radius 2 is 1.20 bits per heavy atom. The highest BCUT2D eigenvalue weighted by Crippen LogP contribution is 2.27. The van der Waals surface area contributed by atoms with E-state index in [0.29, 0.717) is 6.42 Å². The standard InChI is InChI=1S/C36H60N6O11S/c1-7-21(6)30(35(51)40-25(16-22-11-9-8-10-12-22)32(48)41-27(18-54)36(52)53)42-34(50)24(15-19(2)3)39-31(47)23(13-14-28(43)44)38-33(49)26(17-29(45)46)37-20(4)5/h19,21-27,30,37,54H,4,7-18H2,1-3,5-6H3,(H,38,49)(H,39,47)(H,40,51)(H,41,48)(H,42,50)(H,43,44)(H,45,46)(H,52,53)/t21-,23+,24-,25-,26-,27-,30-/m0/s1. The zero-order chi connectivity index (χ0) is 41.1. The number of aliphatic carboxylic acids is 3. The smallest absolute Gasteiger partial charge is 0.327 e. The van der Waals surface area contributed by atoms with Crippen LogP contribution in [0.4, 0.5) is 0 Å². The lowest BCUT2D eigenvalue weighted by molar-refractivity contribution is -0.142. The van der Waals surface area contributed by atoms with Crippen LogP contribution in [0.15, 0.2) is 12.3 Å². The lowest BCUT2D eigenvalue weighted by atomic mass is 9.84. The molecule has 0 saturated heterocycles. The van der Waals surface area contributed by atoms with Gasteiger partial charge in [0.05, 0.1) is 6.42 Å². The second-order valence-corrected chi connectivity index (χ2v) is 14.9. The number of allylic oxidation sites excluding steroid dienone is 1. The molecule has 17 nitrogen and oxygen atoms in total. The zero-order valence-corrected chi connectivity index (χ0v) is 32.8. The van der Waals surface area contributed by atoms with Crippen molar-refractivity contribution in [1.29, 1.82) is 0 Å². The van der Waals surface area contributed by atoms with Crippen LogP contribution in [0.2, 0.25) is 0 Å². The number of rotatable bonds is 25. The summed E-state index contributed by atoms with van der Waals surface area (Å²) in [7, 11) is 0. The number of amides is 5. The molecule has 0 heterocycles. The molecule has 0 bridgehead atoms. The highest BCUT2D eigenvalue weighted by atomic mass is 32.1. The summed E-state index contributed by atoms with van der Waals surface area (Å²) >= 11 is 4.02. The summed E-state index contributed by atoms with van der Waals surface area (Å²) in [5, 5.41) is 43.6. The Labute approximate surface area is 322 Å². The number of carbonyl (C=O) groups excluding carboxylic acids is 5. The van der Waals surface area contributed by atoms with Gasteiger partial charge in [0.15, 0.2) is 0 Å². The predicted molar refractivity (Wildman–Crippen MR) is 202 cm³/mol. The van der Waals surface area contributed by atoms with Crippen LogP contribution in [-0.4, -0.2) is 105 Å². The summed E-state index contributed by atoms with van der Waals surface area (Å²) < 4.78 is 0. The van der Waals surface area contributed by atoms with Crippen molar-refractivity contribution in [2.24, 2.45) is 17.8 Å². The van der Waals surface area contributed by atoms with Crippen LogP contribution in [-0.2, 0) is 38.4 Å². The summed E-state index contributed by atoms with van der Waals surface area (Å²) in [6.07, 6.45) is 3.86. The lowest BCUT2D eigenvalue weighted by Gasteiger charge is -2.31. The minimum Gasteiger partial charge on any atom is -0.481 e. The van der Waals surface area contributed by atoms with Crippen LogP contribution < -0.4 is 31.9 Å². The minimum atomic E-state index is -1.47. The third kappa shape index (κ3) is 17.6. The van der Waals surface area contributed by atoms with E-state index in [1.54, 1.807) is 27.7 Å². The van der Waals surface area contributed by atoms with Crippen LogP contribution >= 0.6 is 12.6 Å². The third-order valence-corrected chi connectivity index (χ3v) is 9.62. The van der Waals surface area contributed by atoms with Crippen LogP contribution in [0.5, 0.6) is 0 Å². The first kappa shape index (κ1) is 47.7. The molecule has 18 heteroatoms. The van der Waals surface area contributed by atoms with E-state index >= 15 is 0 Å². The average molecular weight is 785 g/mol. The molecular formula is C36H60N6O11S. The fourth-order valence-electron chi connectivity index (χ4n) is 6.13. The van der Waals surface area contributed by atoms with Gasteiger partial charge in [0.2, 0.25) is 29.5 Å². The SMILES string of the molecule is C=C(C)N[C@@H](CC(=O)O)C(=O)N[C@H](CCC(=O)O)C(=O)N[C@@H](CC(C)C)C(=O)N[C@H](C(=O)N[C@@H](CC1CCCCC1)C(=O)N[C@@H](CS)C(=O)O)[C@@H](C)CC. The van der Waals surface area contributed by atoms with Crippen LogP contribution in [0.3, 0.4) is 0 Å². The molecule has 0 aliphatic heterocycles. The summed E-state index contributed by atoms with van der Waals surface area (Å²) in [6.45, 7) is 12.2. The molecule has 5 amide bonds. The number of carboxylic acid groups (broad SMARTS) is 3. The number of carboxylic acids is 3. The first-order valence-corrected chi connectivity index (χ1v) is 19.1. The molecule has 0 aromatic heterocycles. The van der Waals surface area contributed by atoms with Gasteiger partial charge in [-0.15, -0.1) is 0 Å². The largest absolute Gasteiger partial charge is 0.481 e. The Hall–Kier alpha value is -4.35. The van der Waals surface area contributed by atoms with Gasteiger partial charge in [-0.1, -0.05) is 72.8 Å². The molecule has 1 aliphatic rings. The highest BCUT2D eigenvalue weighted by Gasteiger charge is 2.36. The Morgan fingerprint density at radius 1 is 0.685 bits per heavy atom. The molecule has 7 atom stereocenters. The molecule has 0 aromatic carbocycles. The number of carbonyl (C=O) groups is 8. The van der Waals surface area contributed by atoms with E-state index in [-0.39, 0.29) is 42.5 Å². The number of hydrogen-bond acceptors (Lipinski definition) is 10. The molecule has 0 spiro atoms. The van der Waals surface area contributed by atoms with E-state index in [4.69, 9.17) is 0 Å². The molecule has 1 aliphatic carbocycles. The predicted octanol–water partition coefficient (Wildman–Crippen LogP) is 1.32. The van der Waals surface area contributed by atoms with Crippen molar-refractivity contribution in [3.8, 4) is 0 Å². The summed E-state index contributed by atoms with van der Waals surface area (Å²) in [4.78, 5) is 102. The summed E-state index contributed by atoms with van der Waals surface area (Å²) in [5.41, 5.74) is 0.277. The van der Waals surface area contributed by atoms with E-state index in [9.17, 15) is 53.7 Å². The second kappa shape index (κ2) is 24.1. The van der Waals surface area contributed by atoms with E-state index in [1.165, 1.54) is 6.92 Å². The summed E-state index contributed by atoms with van der Waals surface area (Å²) in [6, 6.07) is -7.62. The van der Waals surface area contributed by atoms with E-state index in [1.807, 2.05) is 0 Å². The fraction of sp³-hybridized carbons (Fsp3) is 0.722. The first-order valence-electron chi connectivity index (χ1n) is 18.5. The first-order chi connectivity index (χ1) is 25.3. The van der Waals surface area contributed by atoms with Crippen molar-refractivity contribution in [1.82, 2.24) is 31.9 Å². The monoisotopic (exact) mass is 784 g/mol.